The van der Waals surface area contributed by atoms with Gasteiger partial charge in [-0.05, 0) is 31.4 Å². The van der Waals surface area contributed by atoms with Gasteiger partial charge in [-0.1, -0.05) is 50.2 Å². The topological polar surface area (TPSA) is 20.2 Å². The zero-order valence-corrected chi connectivity index (χ0v) is 9.54. The summed E-state index contributed by atoms with van der Waals surface area (Å²) in [6.45, 7) is 3.86. The standard InChI is InChI=1S/C14H22O/c1-2-3-4-5-6-7-8-9-10-11-12-13-14-15/h2,5-6,15H,1,7-14H2/b6-5+. The number of hydrogen-bond acceptors (Lipinski definition) is 1. The maximum Gasteiger partial charge on any atom is 0.0431 e. The van der Waals surface area contributed by atoms with Crippen molar-refractivity contribution in [2.75, 3.05) is 6.61 Å². The minimum absolute atomic E-state index is 0.338. The van der Waals surface area contributed by atoms with Gasteiger partial charge in [-0.25, -0.2) is 0 Å². The van der Waals surface area contributed by atoms with E-state index in [2.05, 4.69) is 24.5 Å². The predicted molar refractivity (Wildman–Crippen MR) is 66.5 cm³/mol. The lowest BCUT2D eigenvalue weighted by Gasteiger charge is -1.98. The molecule has 0 heterocycles. The highest BCUT2D eigenvalue weighted by Crippen LogP contribution is 2.06. The van der Waals surface area contributed by atoms with Crippen LogP contribution in [0.5, 0.6) is 0 Å². The summed E-state index contributed by atoms with van der Waals surface area (Å²) in [5, 5.41) is 8.58. The molecule has 0 fully saturated rings. The fourth-order valence-corrected chi connectivity index (χ4v) is 1.33. The van der Waals surface area contributed by atoms with Gasteiger partial charge < -0.3 is 5.11 Å². The Labute approximate surface area is 93.9 Å². The van der Waals surface area contributed by atoms with Crippen molar-refractivity contribution in [1.82, 2.24) is 0 Å². The van der Waals surface area contributed by atoms with Crippen molar-refractivity contribution in [3.05, 3.63) is 24.8 Å². The number of hydrogen-bond donors (Lipinski definition) is 1. The Morgan fingerprint density at radius 1 is 0.933 bits per heavy atom. The second kappa shape index (κ2) is 13.0. The summed E-state index contributed by atoms with van der Waals surface area (Å²) in [5.74, 6) is 5.65. The quantitative estimate of drug-likeness (QED) is 0.476. The number of allylic oxidation sites excluding steroid dienone is 3. The summed E-state index contributed by atoms with van der Waals surface area (Å²) in [7, 11) is 0. The molecule has 15 heavy (non-hydrogen) atoms. The van der Waals surface area contributed by atoms with Crippen molar-refractivity contribution in [3.8, 4) is 11.8 Å². The minimum atomic E-state index is 0.338. The summed E-state index contributed by atoms with van der Waals surface area (Å²) in [6.07, 6.45) is 13.9. The van der Waals surface area contributed by atoms with Gasteiger partial charge in [0.1, 0.15) is 0 Å². The van der Waals surface area contributed by atoms with Crippen LogP contribution in [-0.4, -0.2) is 11.7 Å². The fraction of sp³-hybridized carbons (Fsp3) is 0.571. The number of aliphatic hydroxyl groups is 1. The van der Waals surface area contributed by atoms with E-state index in [1.54, 1.807) is 6.08 Å². The molecule has 0 aromatic heterocycles. The second-order valence-electron chi connectivity index (χ2n) is 3.53. The Kier molecular flexibility index (Phi) is 12.1. The molecule has 0 aromatic carbocycles. The van der Waals surface area contributed by atoms with Gasteiger partial charge >= 0.3 is 0 Å². The van der Waals surface area contributed by atoms with Crippen LogP contribution in [0.25, 0.3) is 0 Å². The highest BCUT2D eigenvalue weighted by Gasteiger charge is 1.89. The van der Waals surface area contributed by atoms with Crippen LogP contribution in [0.4, 0.5) is 0 Å². The van der Waals surface area contributed by atoms with E-state index in [0.29, 0.717) is 6.61 Å². The molecule has 0 saturated heterocycles. The van der Waals surface area contributed by atoms with E-state index in [9.17, 15) is 0 Å². The zero-order valence-electron chi connectivity index (χ0n) is 9.54. The van der Waals surface area contributed by atoms with Gasteiger partial charge in [-0.3, -0.25) is 0 Å². The Bertz CT molecular complexity index is 217. The smallest absolute Gasteiger partial charge is 0.0431 e. The van der Waals surface area contributed by atoms with E-state index in [-0.39, 0.29) is 0 Å². The molecular formula is C14H22O. The molecule has 84 valence electrons. The normalized spacial score (nSPS) is 9.93. The lowest BCUT2D eigenvalue weighted by Crippen LogP contribution is -1.83. The average molecular weight is 206 g/mol. The first kappa shape index (κ1) is 14.0. The molecule has 1 N–H and O–H groups in total. The third kappa shape index (κ3) is 13.0. The highest BCUT2D eigenvalue weighted by molar-refractivity contribution is 5.21. The van der Waals surface area contributed by atoms with Crippen molar-refractivity contribution >= 4 is 0 Å². The van der Waals surface area contributed by atoms with Crippen molar-refractivity contribution in [2.24, 2.45) is 0 Å². The van der Waals surface area contributed by atoms with E-state index < -0.39 is 0 Å². The van der Waals surface area contributed by atoms with E-state index in [4.69, 9.17) is 5.11 Å². The van der Waals surface area contributed by atoms with E-state index in [0.717, 1.165) is 19.3 Å². The van der Waals surface area contributed by atoms with Crippen LogP contribution in [0.1, 0.15) is 44.9 Å². The van der Waals surface area contributed by atoms with Crippen LogP contribution in [0.3, 0.4) is 0 Å². The van der Waals surface area contributed by atoms with E-state index in [1.807, 2.05) is 6.08 Å². The number of rotatable bonds is 8. The van der Waals surface area contributed by atoms with Gasteiger partial charge in [0, 0.05) is 6.61 Å². The first-order chi connectivity index (χ1) is 7.41. The molecule has 0 atom stereocenters. The second-order valence-corrected chi connectivity index (χ2v) is 3.53. The molecule has 0 unspecified atom stereocenters. The Hall–Kier alpha value is -1.00. The summed E-state index contributed by atoms with van der Waals surface area (Å²) < 4.78 is 0. The molecule has 0 aliphatic heterocycles. The molecule has 1 nitrogen and oxygen atoms in total. The molecule has 0 saturated carbocycles. The molecule has 1 heteroatoms. The minimum Gasteiger partial charge on any atom is -0.396 e. The van der Waals surface area contributed by atoms with Crippen molar-refractivity contribution < 1.29 is 5.11 Å². The Morgan fingerprint density at radius 3 is 2.27 bits per heavy atom. The van der Waals surface area contributed by atoms with Crippen molar-refractivity contribution in [3.63, 3.8) is 0 Å². The molecule has 0 aliphatic rings. The Balaban J connectivity index is 3.10. The highest BCUT2D eigenvalue weighted by atomic mass is 16.2. The van der Waals surface area contributed by atoms with Crippen LogP contribution in [0.15, 0.2) is 24.8 Å². The van der Waals surface area contributed by atoms with Gasteiger partial charge in [0.25, 0.3) is 0 Å². The van der Waals surface area contributed by atoms with Gasteiger partial charge in [-0.15, -0.1) is 0 Å². The molecule has 0 aromatic rings. The summed E-state index contributed by atoms with van der Waals surface area (Å²) in [6, 6.07) is 0. The molecule has 0 spiro atoms. The van der Waals surface area contributed by atoms with Gasteiger partial charge in [0.2, 0.25) is 0 Å². The lowest BCUT2D eigenvalue weighted by molar-refractivity contribution is 0.282. The lowest BCUT2D eigenvalue weighted by atomic mass is 10.1. The van der Waals surface area contributed by atoms with E-state index in [1.165, 1.54) is 25.7 Å². The van der Waals surface area contributed by atoms with Crippen LogP contribution >= 0.6 is 0 Å². The van der Waals surface area contributed by atoms with Crippen LogP contribution < -0.4 is 0 Å². The molecule has 0 bridgehead atoms. The molecular weight excluding hydrogens is 184 g/mol. The molecule has 0 amide bonds. The maximum absolute atomic E-state index is 8.58. The first-order valence-corrected chi connectivity index (χ1v) is 5.79. The maximum atomic E-state index is 8.58. The zero-order chi connectivity index (χ0) is 11.2. The van der Waals surface area contributed by atoms with Crippen LogP contribution in [-0.2, 0) is 0 Å². The largest absolute Gasteiger partial charge is 0.396 e. The number of aliphatic hydroxyl groups excluding tert-OH is 1. The monoisotopic (exact) mass is 206 g/mol. The van der Waals surface area contributed by atoms with Crippen molar-refractivity contribution in [1.29, 1.82) is 0 Å². The van der Waals surface area contributed by atoms with Crippen molar-refractivity contribution in [2.45, 2.75) is 44.9 Å². The Morgan fingerprint density at radius 2 is 1.60 bits per heavy atom. The number of unbranched alkanes of at least 4 members (excludes halogenated alkanes) is 6. The van der Waals surface area contributed by atoms with Gasteiger partial charge in [-0.2, -0.15) is 0 Å². The molecule has 0 rings (SSSR count). The average Bonchev–Trinajstić information content (AvgIpc) is 2.26. The van der Waals surface area contributed by atoms with Crippen LogP contribution in [0, 0.1) is 11.8 Å². The third-order valence-corrected chi connectivity index (χ3v) is 2.17. The van der Waals surface area contributed by atoms with Gasteiger partial charge in [0.15, 0.2) is 0 Å². The third-order valence-electron chi connectivity index (χ3n) is 2.17. The van der Waals surface area contributed by atoms with Gasteiger partial charge in [0.05, 0.1) is 0 Å². The first-order valence-electron chi connectivity index (χ1n) is 5.79. The fourth-order valence-electron chi connectivity index (χ4n) is 1.33. The summed E-state index contributed by atoms with van der Waals surface area (Å²) in [5.41, 5.74) is 0. The SMILES string of the molecule is C=CC#C/C=C/CCCCCCCCO. The predicted octanol–water partition coefficient (Wildman–Crippen LogP) is 3.46. The molecule has 0 aliphatic carbocycles. The molecule has 0 radical (unpaired) electrons. The summed E-state index contributed by atoms with van der Waals surface area (Å²) >= 11 is 0. The van der Waals surface area contributed by atoms with E-state index >= 15 is 0 Å². The van der Waals surface area contributed by atoms with Crippen LogP contribution in [0.2, 0.25) is 0 Å². The summed E-state index contributed by atoms with van der Waals surface area (Å²) in [4.78, 5) is 0.